The van der Waals surface area contributed by atoms with Gasteiger partial charge in [-0.1, -0.05) is 220 Å². The average Bonchev–Trinajstić information content (AvgIpc) is 3.26. The van der Waals surface area contributed by atoms with Crippen LogP contribution in [0.15, 0.2) is 146 Å². The third-order valence-electron chi connectivity index (χ3n) is 14.3. The van der Waals surface area contributed by atoms with Gasteiger partial charge in [0.15, 0.2) is 0 Å². The summed E-state index contributed by atoms with van der Waals surface area (Å²) in [6.45, 7) is 23.9. The minimum atomic E-state index is -0.308. The molecular weight excluding hydrogens is 732 g/mol. The van der Waals surface area contributed by atoms with Gasteiger partial charge in [0.1, 0.15) is 5.75 Å². The first-order valence-electron chi connectivity index (χ1n) is 22.1. The van der Waals surface area contributed by atoms with Gasteiger partial charge >= 0.3 is 0 Å². The molecule has 0 N–H and O–H groups in total. The third kappa shape index (κ3) is 8.35. The van der Waals surface area contributed by atoms with Crippen molar-refractivity contribution in [2.75, 3.05) is 6.66 Å². The molecule has 7 rings (SSSR count). The molecule has 1 aliphatic rings. The summed E-state index contributed by atoms with van der Waals surface area (Å²) < 4.78 is 7.14. The monoisotopic (exact) mass is 798 g/mol. The van der Waals surface area contributed by atoms with Crippen molar-refractivity contribution in [3.8, 4) is 5.75 Å². The minimum Gasteiger partial charge on any atom is -0.477 e. The van der Waals surface area contributed by atoms with E-state index in [1.807, 2.05) is 0 Å². The lowest BCUT2D eigenvalue weighted by atomic mass is 9.65. The molecule has 2 heteroatoms. The first kappa shape index (κ1) is 42.7. The Morgan fingerprint density at radius 3 is 1.25 bits per heavy atom. The van der Waals surface area contributed by atoms with E-state index in [9.17, 15) is 0 Å². The summed E-state index contributed by atoms with van der Waals surface area (Å²) in [6.07, 6.45) is 6.27. The van der Waals surface area contributed by atoms with Crippen LogP contribution in [0, 0.1) is 12.8 Å². The molecule has 0 saturated heterocycles. The molecule has 0 aliphatic heterocycles. The fraction of sp³-hybridized carbons (Fsp3) is 0.368. The van der Waals surface area contributed by atoms with E-state index < -0.39 is 0 Å². The molecule has 6 aromatic carbocycles. The lowest BCUT2D eigenvalue weighted by Crippen LogP contribution is -2.28. The molecule has 306 valence electrons. The molecule has 0 aromatic heterocycles. The zero-order valence-corrected chi connectivity index (χ0v) is 38.5. The predicted octanol–water partition coefficient (Wildman–Crippen LogP) is 15.6. The van der Waals surface area contributed by atoms with E-state index in [1.165, 1.54) is 93.3 Å². The van der Waals surface area contributed by atoms with E-state index in [2.05, 4.69) is 215 Å². The molecule has 1 fully saturated rings. The molecule has 0 heterocycles. The molecule has 6 aromatic rings. The van der Waals surface area contributed by atoms with E-state index in [1.54, 1.807) is 0 Å². The molecule has 59 heavy (non-hydrogen) atoms. The Balaban J connectivity index is 1.60. The summed E-state index contributed by atoms with van der Waals surface area (Å²) in [5.74, 6) is 1.71. The summed E-state index contributed by atoms with van der Waals surface area (Å²) in [6, 6.07) is 54.8. The van der Waals surface area contributed by atoms with Gasteiger partial charge in [-0.3, -0.25) is 0 Å². The van der Waals surface area contributed by atoms with Crippen molar-refractivity contribution in [3.63, 3.8) is 0 Å². The van der Waals surface area contributed by atoms with E-state index in [0.717, 1.165) is 5.75 Å². The van der Waals surface area contributed by atoms with Gasteiger partial charge in [0, 0.05) is 38.7 Å². The fourth-order valence-electron chi connectivity index (χ4n) is 10.2. The van der Waals surface area contributed by atoms with Gasteiger partial charge in [-0.15, -0.1) is 0 Å². The molecule has 0 spiro atoms. The number of rotatable bonds is 13. The third-order valence-corrected chi connectivity index (χ3v) is 14.7. The maximum Gasteiger partial charge on any atom is 0.130 e. The largest absolute Gasteiger partial charge is 0.477 e. The van der Waals surface area contributed by atoms with Gasteiger partial charge < -0.3 is 4.52 Å². The number of hydrogen-bond acceptors (Lipinski definition) is 1. The summed E-state index contributed by atoms with van der Waals surface area (Å²) in [5.41, 5.74) is 13.9. The predicted molar refractivity (Wildman–Crippen MR) is 255 cm³/mol. The Hall–Kier alpha value is -4.45. The van der Waals surface area contributed by atoms with Crippen LogP contribution in [0.2, 0.25) is 0 Å². The second-order valence-electron chi connectivity index (χ2n) is 19.3. The van der Waals surface area contributed by atoms with Gasteiger partial charge in [0.25, 0.3) is 0 Å². The molecule has 0 amide bonds. The van der Waals surface area contributed by atoms with E-state index in [4.69, 9.17) is 4.52 Å². The normalized spacial score (nSPS) is 15.1. The highest BCUT2D eigenvalue weighted by atomic mass is 31.1. The molecular formula is C57H67OP. The molecule has 0 bridgehead atoms. The molecule has 2 atom stereocenters. The molecule has 1 aliphatic carbocycles. The van der Waals surface area contributed by atoms with Gasteiger partial charge in [-0.05, 0) is 82.4 Å². The first-order valence-corrected chi connectivity index (χ1v) is 23.5. The van der Waals surface area contributed by atoms with Gasteiger partial charge in [0.05, 0.1) is 8.81 Å². The van der Waals surface area contributed by atoms with Crippen LogP contribution in [0.5, 0.6) is 5.75 Å². The smallest absolute Gasteiger partial charge is 0.130 e. The Labute approximate surface area is 358 Å². The summed E-state index contributed by atoms with van der Waals surface area (Å²) in [4.78, 5) is 0. The Morgan fingerprint density at radius 2 is 0.831 bits per heavy atom. The van der Waals surface area contributed by atoms with Crippen molar-refractivity contribution in [3.05, 3.63) is 207 Å². The van der Waals surface area contributed by atoms with E-state index in [0.29, 0.717) is 14.7 Å². The first-order chi connectivity index (χ1) is 28.2. The highest BCUT2D eigenvalue weighted by Gasteiger charge is 2.39. The van der Waals surface area contributed by atoms with Crippen LogP contribution in [0.4, 0.5) is 0 Å². The van der Waals surface area contributed by atoms with Gasteiger partial charge in [0.2, 0.25) is 0 Å². The maximum atomic E-state index is 7.14. The lowest BCUT2D eigenvalue weighted by Gasteiger charge is -2.40. The van der Waals surface area contributed by atoms with Crippen molar-refractivity contribution in [2.24, 2.45) is 5.92 Å². The second kappa shape index (κ2) is 17.3. The van der Waals surface area contributed by atoms with Crippen molar-refractivity contribution in [1.82, 2.24) is 0 Å². The van der Waals surface area contributed by atoms with Gasteiger partial charge in [-0.25, -0.2) is 0 Å². The molecule has 1 saturated carbocycles. The van der Waals surface area contributed by atoms with Crippen LogP contribution < -0.4 is 4.52 Å². The van der Waals surface area contributed by atoms with E-state index in [-0.39, 0.29) is 27.6 Å². The molecule has 0 radical (unpaired) electrons. The topological polar surface area (TPSA) is 9.23 Å². The van der Waals surface area contributed by atoms with Crippen molar-refractivity contribution in [1.29, 1.82) is 0 Å². The van der Waals surface area contributed by atoms with Crippen molar-refractivity contribution in [2.45, 2.75) is 122 Å². The summed E-state index contributed by atoms with van der Waals surface area (Å²) in [5, 5.41) is 0. The van der Waals surface area contributed by atoms with Crippen LogP contribution in [-0.2, 0) is 21.7 Å². The van der Waals surface area contributed by atoms with Crippen LogP contribution in [0.25, 0.3) is 0 Å². The fourth-order valence-corrected chi connectivity index (χ4v) is 10.6. The standard InChI is InChI=1S/C57H67OP/c1-40-48(36-46(54(2,3)42-28-18-12-19-29-42)38-50(40)56(6,7)44-32-22-14-23-33-44)52(41-26-16-11-17-27-41)49-37-47(55(4,5)43-30-20-13-21-31-43)39-51(53(49)58-59-10)57(8,9)45-34-24-15-25-35-45/h12-15,18-25,28-39,41,52,59H,11,16-17,26-27H2,1-10H3. The van der Waals surface area contributed by atoms with Crippen LogP contribution in [0.3, 0.4) is 0 Å². The zero-order valence-electron chi connectivity index (χ0n) is 37.5. The van der Waals surface area contributed by atoms with Crippen molar-refractivity contribution < 1.29 is 4.52 Å². The Bertz CT molecular complexity index is 2310. The molecule has 1 nitrogen and oxygen atoms in total. The van der Waals surface area contributed by atoms with Crippen LogP contribution >= 0.6 is 8.81 Å². The van der Waals surface area contributed by atoms with E-state index >= 15 is 0 Å². The van der Waals surface area contributed by atoms with Crippen LogP contribution in [0.1, 0.15) is 155 Å². The minimum absolute atomic E-state index is 0.148. The Morgan fingerprint density at radius 1 is 0.458 bits per heavy atom. The van der Waals surface area contributed by atoms with Gasteiger partial charge in [-0.2, -0.15) is 0 Å². The quantitative estimate of drug-likeness (QED) is 0.106. The second-order valence-corrected chi connectivity index (χ2v) is 19.9. The lowest BCUT2D eigenvalue weighted by molar-refractivity contribution is 0.323. The summed E-state index contributed by atoms with van der Waals surface area (Å²) >= 11 is 0. The average molecular weight is 799 g/mol. The highest BCUT2D eigenvalue weighted by molar-refractivity contribution is 7.31. The summed E-state index contributed by atoms with van der Waals surface area (Å²) in [7, 11) is 0.317. The Kier molecular flexibility index (Phi) is 12.5. The maximum absolute atomic E-state index is 7.14. The number of benzene rings is 6. The molecule has 2 unspecified atom stereocenters. The number of hydrogen-bond donors (Lipinski definition) is 0. The van der Waals surface area contributed by atoms with Crippen molar-refractivity contribution >= 4 is 8.81 Å². The SMILES string of the molecule is CPOc1c(C(c2cc(C(C)(C)c3ccccc3)cc(C(C)(C)c3ccccc3)c2C)C2CCCCC2)cc(C(C)(C)c2ccccc2)cc1C(C)(C)c1ccccc1. The zero-order chi connectivity index (χ0) is 42.0. The van der Waals surface area contributed by atoms with Crippen LogP contribution in [-0.4, -0.2) is 6.66 Å². The highest BCUT2D eigenvalue weighted by Crippen LogP contribution is 2.53.